The molecule has 0 aliphatic heterocycles. The Kier molecular flexibility index (Phi) is 20.9. The zero-order valence-corrected chi connectivity index (χ0v) is 31.7. The lowest BCUT2D eigenvalue weighted by Crippen LogP contribution is -2.41. The number of aromatic nitrogens is 1. The third-order valence-electron chi connectivity index (χ3n) is 7.20. The number of Topliss-reactive ketones (excluding diaryl/α,β-unsaturated/α-hetero) is 1. The van der Waals surface area contributed by atoms with E-state index in [0.717, 1.165) is 52.1 Å². The molecule has 0 bridgehead atoms. The fourth-order valence-corrected chi connectivity index (χ4v) is 4.71. The Morgan fingerprint density at radius 1 is 0.960 bits per heavy atom. The molecule has 0 aliphatic rings. The summed E-state index contributed by atoms with van der Waals surface area (Å²) in [7, 11) is 2.75. The summed E-state index contributed by atoms with van der Waals surface area (Å²) in [4.78, 5) is 24.3. The summed E-state index contributed by atoms with van der Waals surface area (Å²) in [5, 5.41) is 5.74. The van der Waals surface area contributed by atoms with Gasteiger partial charge in [-0.15, -0.1) is 9.24 Å². The van der Waals surface area contributed by atoms with Gasteiger partial charge in [0.25, 0.3) is 0 Å². The normalized spacial score (nSPS) is 12.1. The third kappa shape index (κ3) is 16.1. The molecule has 3 rings (SSSR count). The maximum atomic E-state index is 13.9. The molecule has 2 atom stereocenters. The van der Waals surface area contributed by atoms with Gasteiger partial charge in [-0.25, -0.2) is 4.39 Å². The molecule has 1 amide bonds. The second-order valence-corrected chi connectivity index (χ2v) is 12.4. The number of hydrogen-bond donors (Lipinski definition) is 2. The second-order valence-electron chi connectivity index (χ2n) is 11.7. The summed E-state index contributed by atoms with van der Waals surface area (Å²) >= 11 is 0. The number of rotatable bonds is 10. The lowest BCUT2D eigenvalue weighted by atomic mass is 9.91. The lowest BCUT2D eigenvalue weighted by molar-refractivity contribution is -0.185. The van der Waals surface area contributed by atoms with Gasteiger partial charge in [-0.05, 0) is 86.3 Å². The molecule has 13 heteroatoms. The number of benzene rings is 2. The number of ketones is 1. The monoisotopic (exact) mass is 735 g/mol. The number of carbonyl (C=O) groups excluding carboxylic acids is 2. The highest BCUT2D eigenvalue weighted by atomic mass is 31.0. The average Bonchev–Trinajstić information content (AvgIpc) is 3.33. The van der Waals surface area contributed by atoms with E-state index < -0.39 is 24.0 Å². The number of nitrogens with one attached hydrogen (secondary N) is 2. The maximum Gasteiger partial charge on any atom is 0.471 e. The van der Waals surface area contributed by atoms with Crippen LogP contribution in [0.25, 0.3) is 22.6 Å². The minimum Gasteiger partial charge on any atom is -0.385 e. The van der Waals surface area contributed by atoms with E-state index in [0.29, 0.717) is 19.3 Å². The van der Waals surface area contributed by atoms with Gasteiger partial charge in [0.05, 0.1) is 0 Å². The number of hydrogen-bond acceptors (Lipinski definition) is 3. The van der Waals surface area contributed by atoms with Crippen LogP contribution >= 0.6 is 9.24 Å². The maximum absolute atomic E-state index is 13.9. The second kappa shape index (κ2) is 22.4. The van der Waals surface area contributed by atoms with Gasteiger partial charge in [-0.1, -0.05) is 59.6 Å². The molecule has 0 saturated heterocycles. The first-order valence-electron chi connectivity index (χ1n) is 16.8. The molecule has 1 heterocycles. The zero-order chi connectivity index (χ0) is 38.8. The third-order valence-corrected chi connectivity index (χ3v) is 7.56. The topological polar surface area (TPSA) is 65.2 Å². The molecular formula is C37H53F7N3O2P. The molecule has 0 fully saturated rings. The van der Waals surface area contributed by atoms with Crippen molar-refractivity contribution in [3.63, 3.8) is 0 Å². The highest BCUT2D eigenvalue weighted by Gasteiger charge is 2.41. The van der Waals surface area contributed by atoms with E-state index >= 15 is 0 Å². The Labute approximate surface area is 294 Å². The van der Waals surface area contributed by atoms with Crippen molar-refractivity contribution in [2.75, 3.05) is 25.0 Å². The van der Waals surface area contributed by atoms with Gasteiger partial charge < -0.3 is 15.2 Å². The van der Waals surface area contributed by atoms with Crippen LogP contribution in [0.15, 0.2) is 36.4 Å². The Hall–Kier alpha value is -3.40. The van der Waals surface area contributed by atoms with E-state index in [1.54, 1.807) is 19.1 Å². The van der Waals surface area contributed by atoms with Crippen molar-refractivity contribution in [3.05, 3.63) is 59.0 Å². The Balaban J connectivity index is 0.000000899. The largest absolute Gasteiger partial charge is 0.471 e. The molecule has 5 nitrogen and oxygen atoms in total. The molecule has 50 heavy (non-hydrogen) atoms. The standard InChI is InChI=1S/C24H30FN2P.C7H12F3NO.C3H3F3O.C3H8/c1-5-15(3)11-17(21-9-7-18(25)13-23(21)26-6-2)12-22-16(4)20-10-8-19(28)14-24(20)27-22;1-3-5-11(4-2)6(12)7(8,9)10;1-2(7)3(4,5)6;1-3-2/h7-10,12-15,26-27H,5-6,11,28H2,1-4H3;3-5H2,1-2H3;1H3;3H2,1-2H3/b17-12+;;;. The van der Waals surface area contributed by atoms with Gasteiger partial charge in [0.1, 0.15) is 5.82 Å². The van der Waals surface area contributed by atoms with Crippen molar-refractivity contribution in [2.45, 2.75) is 100 Å². The molecule has 2 N–H and O–H groups in total. The molecular weight excluding hydrogens is 682 g/mol. The Morgan fingerprint density at radius 2 is 1.54 bits per heavy atom. The van der Waals surface area contributed by atoms with E-state index in [9.17, 15) is 40.3 Å². The average molecular weight is 736 g/mol. The van der Waals surface area contributed by atoms with E-state index in [-0.39, 0.29) is 18.9 Å². The molecule has 0 spiro atoms. The fraction of sp³-hybridized carbons (Fsp3) is 0.514. The summed E-state index contributed by atoms with van der Waals surface area (Å²) in [6, 6.07) is 11.5. The number of aryl methyl sites for hydroxylation is 1. The predicted molar refractivity (Wildman–Crippen MR) is 196 cm³/mol. The van der Waals surface area contributed by atoms with Crippen LogP contribution in [0.1, 0.15) is 97.9 Å². The highest BCUT2D eigenvalue weighted by Crippen LogP contribution is 2.34. The molecule has 0 aliphatic carbocycles. The van der Waals surface area contributed by atoms with Gasteiger partial charge in [0, 0.05) is 54.4 Å². The van der Waals surface area contributed by atoms with Gasteiger partial charge in [0.15, 0.2) is 0 Å². The van der Waals surface area contributed by atoms with Crippen LogP contribution in [-0.2, 0) is 9.59 Å². The predicted octanol–water partition coefficient (Wildman–Crippen LogP) is 10.9. The van der Waals surface area contributed by atoms with Crippen LogP contribution in [0.4, 0.5) is 36.4 Å². The summed E-state index contributed by atoms with van der Waals surface area (Å²) in [6.45, 7) is 17.7. The van der Waals surface area contributed by atoms with E-state index in [1.807, 2.05) is 13.0 Å². The number of carbonyl (C=O) groups is 2. The molecule has 1 aromatic heterocycles. The number of nitrogens with zero attached hydrogens (tertiary/aromatic N) is 1. The molecule has 2 unspecified atom stereocenters. The number of allylic oxidation sites excluding steroid dienone is 1. The van der Waals surface area contributed by atoms with Crippen LogP contribution < -0.4 is 10.6 Å². The Morgan fingerprint density at radius 3 is 2.00 bits per heavy atom. The number of amides is 1. The summed E-state index contributed by atoms with van der Waals surface area (Å²) in [5.74, 6) is -3.16. The van der Waals surface area contributed by atoms with Gasteiger partial charge in [0.2, 0.25) is 5.78 Å². The van der Waals surface area contributed by atoms with Crippen LogP contribution in [-0.4, -0.2) is 53.6 Å². The van der Waals surface area contributed by atoms with Gasteiger partial charge in [-0.3, -0.25) is 9.59 Å². The SMILES string of the molecule is CC(=O)C(F)(F)F.CCC.CCCN(CC)C(=O)C(F)(F)F.CCNc1cc(F)ccc1/C(=C/c1[nH]c2cc(P)ccc2c1C)CC(C)CC. The van der Waals surface area contributed by atoms with E-state index in [4.69, 9.17) is 0 Å². The van der Waals surface area contributed by atoms with Crippen LogP contribution in [0, 0.1) is 18.7 Å². The van der Waals surface area contributed by atoms with E-state index in [2.05, 4.69) is 78.4 Å². The molecule has 3 aromatic rings. The van der Waals surface area contributed by atoms with Gasteiger partial charge >= 0.3 is 18.3 Å². The zero-order valence-electron chi connectivity index (χ0n) is 30.6. The number of fused-ring (bicyclic) bond motifs is 1. The van der Waals surface area contributed by atoms with Crippen molar-refractivity contribution in [1.82, 2.24) is 9.88 Å². The summed E-state index contributed by atoms with van der Waals surface area (Å²) in [5.41, 5.74) is 6.67. The van der Waals surface area contributed by atoms with Crippen molar-refractivity contribution < 1.29 is 40.3 Å². The molecule has 282 valence electrons. The van der Waals surface area contributed by atoms with Crippen LogP contribution in [0.2, 0.25) is 0 Å². The first-order chi connectivity index (χ1) is 23.2. The highest BCUT2D eigenvalue weighted by molar-refractivity contribution is 7.27. The quantitative estimate of drug-likeness (QED) is 0.161. The smallest absolute Gasteiger partial charge is 0.385 e. The van der Waals surface area contributed by atoms with Crippen molar-refractivity contribution in [1.29, 1.82) is 0 Å². The number of aromatic amines is 1. The van der Waals surface area contributed by atoms with E-state index in [1.165, 1.54) is 29.9 Å². The minimum atomic E-state index is -4.73. The summed E-state index contributed by atoms with van der Waals surface area (Å²) in [6.07, 6.45) is -3.28. The number of anilines is 1. The first kappa shape index (κ1) is 46.6. The van der Waals surface area contributed by atoms with Crippen molar-refractivity contribution >= 4 is 54.5 Å². The van der Waals surface area contributed by atoms with Crippen molar-refractivity contribution in [2.24, 2.45) is 5.92 Å². The number of H-pyrrole nitrogens is 1. The summed E-state index contributed by atoms with van der Waals surface area (Å²) < 4.78 is 81.8. The number of halogens is 7. The fourth-order valence-electron chi connectivity index (χ4n) is 4.45. The lowest BCUT2D eigenvalue weighted by Gasteiger charge is -2.20. The van der Waals surface area contributed by atoms with Crippen LogP contribution in [0.3, 0.4) is 0 Å². The van der Waals surface area contributed by atoms with Crippen molar-refractivity contribution in [3.8, 4) is 0 Å². The van der Waals surface area contributed by atoms with Crippen LogP contribution in [0.5, 0.6) is 0 Å². The molecule has 2 aromatic carbocycles. The number of alkyl halides is 6. The first-order valence-corrected chi connectivity index (χ1v) is 17.4. The minimum absolute atomic E-state index is 0.103. The Bertz CT molecular complexity index is 1520. The molecule has 0 saturated carbocycles. The molecule has 0 radical (unpaired) electrons. The van der Waals surface area contributed by atoms with Gasteiger partial charge in [-0.2, -0.15) is 26.3 Å².